The van der Waals surface area contributed by atoms with Gasteiger partial charge in [0, 0.05) is 31.0 Å². The smallest absolute Gasteiger partial charge is 0.131 e. The maximum atomic E-state index is 9.51. The van der Waals surface area contributed by atoms with Gasteiger partial charge < -0.3 is 0 Å². The van der Waals surface area contributed by atoms with Crippen LogP contribution in [0.5, 0.6) is 0 Å². The van der Waals surface area contributed by atoms with Crippen molar-refractivity contribution in [1.29, 1.82) is 21.0 Å². The number of allylic oxidation sites excluding steroid dienone is 4. The number of hydrogen-bond acceptors (Lipinski definition) is 7. The Morgan fingerprint density at radius 2 is 1.26 bits per heavy atom. The summed E-state index contributed by atoms with van der Waals surface area (Å²) in [5.74, 6) is 0. The molecule has 0 N–H and O–H groups in total. The van der Waals surface area contributed by atoms with Crippen LogP contribution in [0.1, 0.15) is 90.7 Å². The number of fused-ring (bicyclic) bond motifs is 10. The molecule has 0 bridgehead atoms. The lowest BCUT2D eigenvalue weighted by molar-refractivity contribution is 0.353. The summed E-state index contributed by atoms with van der Waals surface area (Å²) in [6.07, 6.45) is 17.6. The second kappa shape index (κ2) is 9.05. The minimum absolute atomic E-state index is 0.0166. The molecule has 2 spiro atoms. The summed E-state index contributed by atoms with van der Waals surface area (Å²) in [6.45, 7) is 0. The highest BCUT2D eigenvalue weighted by molar-refractivity contribution is 7.32. The minimum atomic E-state index is -0.107. The third kappa shape index (κ3) is 3.35. The van der Waals surface area contributed by atoms with Gasteiger partial charge in [-0.2, -0.15) is 21.0 Å². The van der Waals surface area contributed by atoms with E-state index in [9.17, 15) is 21.0 Å². The molecular formula is C32H24N4S3. The van der Waals surface area contributed by atoms with E-state index >= 15 is 0 Å². The molecule has 39 heavy (non-hydrogen) atoms. The fourth-order valence-corrected chi connectivity index (χ4v) is 12.3. The van der Waals surface area contributed by atoms with Gasteiger partial charge in [0.15, 0.2) is 0 Å². The molecular weight excluding hydrogens is 537 g/mol. The molecule has 0 saturated heterocycles. The zero-order valence-electron chi connectivity index (χ0n) is 21.4. The van der Waals surface area contributed by atoms with Gasteiger partial charge in [0.05, 0.1) is 14.3 Å². The van der Waals surface area contributed by atoms with Crippen molar-refractivity contribution in [2.45, 2.75) is 75.0 Å². The molecule has 0 unspecified atom stereocenters. The highest BCUT2D eigenvalue weighted by Crippen LogP contribution is 2.67. The zero-order valence-corrected chi connectivity index (χ0v) is 23.8. The van der Waals surface area contributed by atoms with Crippen molar-refractivity contribution in [3.8, 4) is 34.0 Å². The third-order valence-electron chi connectivity index (χ3n) is 9.30. The number of hydrogen-bond donors (Lipinski definition) is 0. The monoisotopic (exact) mass is 560 g/mol. The number of nitriles is 4. The Kier molecular flexibility index (Phi) is 5.70. The van der Waals surface area contributed by atoms with E-state index in [0.717, 1.165) is 49.0 Å². The van der Waals surface area contributed by atoms with Crippen molar-refractivity contribution in [2.24, 2.45) is 0 Å². The highest BCUT2D eigenvalue weighted by Gasteiger charge is 2.51. The average molecular weight is 561 g/mol. The molecule has 190 valence electrons. The fourth-order valence-electron chi connectivity index (χ4n) is 7.69. The van der Waals surface area contributed by atoms with Crippen molar-refractivity contribution in [2.75, 3.05) is 0 Å². The molecule has 0 aliphatic heterocycles. The van der Waals surface area contributed by atoms with E-state index in [1.54, 1.807) is 17.4 Å². The van der Waals surface area contributed by atoms with Gasteiger partial charge in [0.2, 0.25) is 0 Å². The van der Waals surface area contributed by atoms with E-state index in [1.165, 1.54) is 66.4 Å². The Labute approximate surface area is 240 Å². The van der Waals surface area contributed by atoms with Gasteiger partial charge in [-0.15, -0.1) is 34.0 Å². The molecule has 4 aliphatic carbocycles. The molecule has 7 heteroatoms. The molecule has 0 amide bonds. The first-order valence-corrected chi connectivity index (χ1v) is 16.0. The number of rotatable bonds is 2. The predicted octanol–water partition coefficient (Wildman–Crippen LogP) is 9.26. The van der Waals surface area contributed by atoms with Gasteiger partial charge in [-0.1, -0.05) is 38.5 Å². The molecule has 3 heterocycles. The second-order valence-corrected chi connectivity index (χ2v) is 14.3. The third-order valence-corrected chi connectivity index (χ3v) is 13.0. The Morgan fingerprint density at radius 3 is 1.90 bits per heavy atom. The summed E-state index contributed by atoms with van der Waals surface area (Å²) >= 11 is 5.59. The molecule has 4 aliphatic rings. The standard InChI is InChI=1S/C32H24N4S3/c33-15-19(16-34)11-21-13-24-25(31(21)7-3-1-4-8-31)28-30(38-24)26-29(39-28)27-23(32(26)9-5-2-6-10-32)14-22(37-27)12-20(17-35)18-36/h11-14H,1-10H2. The Balaban J connectivity index is 1.46. The first-order chi connectivity index (χ1) is 19.1. The summed E-state index contributed by atoms with van der Waals surface area (Å²) in [5, 5.41) is 37.7. The fraction of sp³-hybridized carbons (Fsp3) is 0.375. The van der Waals surface area contributed by atoms with Gasteiger partial charge in [-0.05, 0) is 66.7 Å². The van der Waals surface area contributed by atoms with Crippen LogP contribution in [0, 0.1) is 45.3 Å². The first kappa shape index (κ1) is 24.6. The Morgan fingerprint density at radius 1 is 0.667 bits per heavy atom. The second-order valence-electron chi connectivity index (χ2n) is 11.1. The van der Waals surface area contributed by atoms with Crippen molar-refractivity contribution in [3.63, 3.8) is 0 Å². The van der Waals surface area contributed by atoms with Gasteiger partial charge >= 0.3 is 0 Å². The quantitative estimate of drug-likeness (QED) is 0.292. The van der Waals surface area contributed by atoms with Gasteiger partial charge in [-0.25, -0.2) is 0 Å². The minimum Gasteiger partial charge on any atom is -0.192 e. The molecule has 3 aromatic heterocycles. The van der Waals surface area contributed by atoms with Crippen LogP contribution in [0.3, 0.4) is 0 Å². The molecule has 0 radical (unpaired) electrons. The Bertz CT molecular complexity index is 1780. The molecule has 0 aromatic carbocycles. The van der Waals surface area contributed by atoms with E-state index in [4.69, 9.17) is 0 Å². The van der Waals surface area contributed by atoms with Crippen LogP contribution in [0.25, 0.3) is 31.3 Å². The van der Waals surface area contributed by atoms with Crippen LogP contribution in [0.15, 0.2) is 28.9 Å². The van der Waals surface area contributed by atoms with Crippen LogP contribution in [-0.4, -0.2) is 0 Å². The lowest BCUT2D eigenvalue weighted by Gasteiger charge is -2.36. The summed E-state index contributed by atoms with van der Waals surface area (Å²) in [5.41, 5.74) is 5.78. The number of thiophene rings is 3. The molecule has 2 fully saturated rings. The molecule has 3 aromatic rings. The van der Waals surface area contributed by atoms with E-state index in [1.807, 2.05) is 40.9 Å². The van der Waals surface area contributed by atoms with Crippen LogP contribution < -0.4 is 0 Å². The summed E-state index contributed by atoms with van der Waals surface area (Å²) in [4.78, 5) is 5.03. The van der Waals surface area contributed by atoms with Crippen molar-refractivity contribution < 1.29 is 0 Å². The topological polar surface area (TPSA) is 95.2 Å². The summed E-state index contributed by atoms with van der Waals surface area (Å²) < 4.78 is 2.86. The normalized spacial score (nSPS) is 19.2. The Hall–Kier alpha value is -3.46. The van der Waals surface area contributed by atoms with E-state index in [-0.39, 0.29) is 22.0 Å². The maximum Gasteiger partial charge on any atom is 0.131 e. The van der Waals surface area contributed by atoms with E-state index < -0.39 is 0 Å². The van der Waals surface area contributed by atoms with Gasteiger partial charge in [0.25, 0.3) is 0 Å². The van der Waals surface area contributed by atoms with Gasteiger partial charge in [-0.3, -0.25) is 0 Å². The van der Waals surface area contributed by atoms with Crippen molar-refractivity contribution in [3.05, 3.63) is 55.3 Å². The highest BCUT2D eigenvalue weighted by atomic mass is 32.1. The average Bonchev–Trinajstić information content (AvgIpc) is 3.73. The van der Waals surface area contributed by atoms with Crippen LogP contribution in [0.4, 0.5) is 0 Å². The summed E-state index contributed by atoms with van der Waals surface area (Å²) in [7, 11) is 0. The van der Waals surface area contributed by atoms with E-state index in [0.29, 0.717) is 0 Å². The molecule has 0 atom stereocenters. The van der Waals surface area contributed by atoms with E-state index in [2.05, 4.69) is 24.3 Å². The maximum absolute atomic E-state index is 9.51. The van der Waals surface area contributed by atoms with Crippen molar-refractivity contribution >= 4 is 55.6 Å². The summed E-state index contributed by atoms with van der Waals surface area (Å²) in [6, 6.07) is 10.5. The lowest BCUT2D eigenvalue weighted by Crippen LogP contribution is -2.28. The zero-order chi connectivity index (χ0) is 26.8. The van der Waals surface area contributed by atoms with Crippen LogP contribution >= 0.6 is 34.0 Å². The molecule has 4 nitrogen and oxygen atoms in total. The SMILES string of the molecule is N#CC(C#N)=CC1=Cc2sc3c4c(sc3c2C12CCCCC2)-c1sc(C=C(C#N)C#N)cc1C41CCCCC1. The van der Waals surface area contributed by atoms with Crippen LogP contribution in [-0.2, 0) is 10.8 Å². The van der Waals surface area contributed by atoms with Crippen LogP contribution in [0.2, 0.25) is 0 Å². The predicted molar refractivity (Wildman–Crippen MR) is 158 cm³/mol. The largest absolute Gasteiger partial charge is 0.192 e. The first-order valence-electron chi connectivity index (χ1n) is 13.6. The lowest BCUT2D eigenvalue weighted by atomic mass is 9.66. The van der Waals surface area contributed by atoms with Gasteiger partial charge in [0.1, 0.15) is 35.4 Å². The number of nitrogens with zero attached hydrogens (tertiary/aromatic N) is 4. The molecule has 2 saturated carbocycles. The molecule has 7 rings (SSSR count). The van der Waals surface area contributed by atoms with Crippen molar-refractivity contribution in [1.82, 2.24) is 0 Å².